The maximum atomic E-state index is 5.54. The van der Waals surface area contributed by atoms with Crippen LogP contribution in [0.5, 0.6) is 0 Å². The fraction of sp³-hybridized carbons (Fsp3) is 0.500. The summed E-state index contributed by atoms with van der Waals surface area (Å²) in [6.07, 6.45) is 3.03. The van der Waals surface area contributed by atoms with Gasteiger partial charge in [0.05, 0.1) is 6.26 Å². The number of rotatable bonds is 2. The van der Waals surface area contributed by atoms with Gasteiger partial charge in [0.1, 0.15) is 5.58 Å². The fourth-order valence-electron chi connectivity index (χ4n) is 3.43. The van der Waals surface area contributed by atoms with Gasteiger partial charge in [-0.1, -0.05) is 26.8 Å². The van der Waals surface area contributed by atoms with E-state index in [1.54, 1.807) is 6.26 Å². The van der Waals surface area contributed by atoms with Crippen molar-refractivity contribution in [2.75, 3.05) is 13.1 Å². The molecule has 0 radical (unpaired) electrons. The third-order valence-electron chi connectivity index (χ3n) is 3.95. The summed E-state index contributed by atoms with van der Waals surface area (Å²) in [5, 5.41) is 1.30. The van der Waals surface area contributed by atoms with Crippen LogP contribution in [-0.4, -0.2) is 18.0 Å². The molecule has 2 heterocycles. The Morgan fingerprint density at radius 1 is 1.28 bits per heavy atom. The Hall–Kier alpha value is -1.28. The maximum absolute atomic E-state index is 5.54. The number of hydrogen-bond acceptors (Lipinski definition) is 2. The zero-order valence-corrected chi connectivity index (χ0v) is 11.5. The molecule has 2 aromatic rings. The van der Waals surface area contributed by atoms with Crippen LogP contribution in [0.2, 0.25) is 0 Å². The summed E-state index contributed by atoms with van der Waals surface area (Å²) in [5.41, 5.74) is 4.17. The highest BCUT2D eigenvalue weighted by Gasteiger charge is 2.33. The summed E-state index contributed by atoms with van der Waals surface area (Å²) >= 11 is 0. The molecule has 1 aromatic carbocycles. The molecule has 1 aliphatic heterocycles. The molecule has 0 N–H and O–H groups in total. The Bertz CT molecular complexity index is 567. The Labute approximate surface area is 109 Å². The first kappa shape index (κ1) is 11.8. The zero-order valence-electron chi connectivity index (χ0n) is 11.5. The van der Waals surface area contributed by atoms with Crippen LogP contribution in [-0.2, 0) is 12.0 Å². The lowest BCUT2D eigenvalue weighted by Crippen LogP contribution is -2.42. The maximum Gasteiger partial charge on any atom is 0.134 e. The highest BCUT2D eigenvalue weighted by atomic mass is 16.3. The van der Waals surface area contributed by atoms with Crippen LogP contribution in [0, 0.1) is 0 Å². The van der Waals surface area contributed by atoms with Gasteiger partial charge in [-0.3, -0.25) is 4.90 Å². The summed E-state index contributed by atoms with van der Waals surface area (Å²) in [7, 11) is 0. The first-order valence-corrected chi connectivity index (χ1v) is 6.84. The van der Waals surface area contributed by atoms with Crippen molar-refractivity contribution in [3.63, 3.8) is 0 Å². The molecule has 96 valence electrons. The predicted octanol–water partition coefficient (Wildman–Crippen LogP) is 3.94. The van der Waals surface area contributed by atoms with Gasteiger partial charge in [0.2, 0.25) is 0 Å². The smallest absolute Gasteiger partial charge is 0.134 e. The second-order valence-electron chi connectivity index (χ2n) is 6.03. The van der Waals surface area contributed by atoms with Crippen LogP contribution in [0.4, 0.5) is 0 Å². The van der Waals surface area contributed by atoms with E-state index < -0.39 is 0 Å². The third kappa shape index (κ3) is 1.76. The largest absolute Gasteiger partial charge is 0.464 e. The molecule has 2 nitrogen and oxygen atoms in total. The van der Waals surface area contributed by atoms with Gasteiger partial charge in [0, 0.05) is 23.9 Å². The second-order valence-corrected chi connectivity index (χ2v) is 6.03. The highest BCUT2D eigenvalue weighted by molar-refractivity contribution is 5.83. The molecule has 0 aliphatic carbocycles. The molecule has 1 aromatic heterocycles. The molecule has 0 amide bonds. The molecule has 0 fully saturated rings. The van der Waals surface area contributed by atoms with Crippen LogP contribution in [0.1, 0.15) is 38.3 Å². The van der Waals surface area contributed by atoms with Crippen molar-refractivity contribution < 1.29 is 4.42 Å². The summed E-state index contributed by atoms with van der Waals surface area (Å²) in [5.74, 6) is 0. The van der Waals surface area contributed by atoms with Crippen LogP contribution in [0.25, 0.3) is 11.0 Å². The second kappa shape index (κ2) is 4.13. The minimum Gasteiger partial charge on any atom is -0.464 e. The van der Waals surface area contributed by atoms with Crippen molar-refractivity contribution in [1.82, 2.24) is 4.90 Å². The van der Waals surface area contributed by atoms with Crippen molar-refractivity contribution in [3.8, 4) is 0 Å². The molecule has 0 bridgehead atoms. The lowest BCUT2D eigenvalue weighted by atomic mass is 9.76. The molecule has 1 aliphatic rings. The predicted molar refractivity (Wildman–Crippen MR) is 74.8 cm³/mol. The molecule has 18 heavy (non-hydrogen) atoms. The van der Waals surface area contributed by atoms with Crippen molar-refractivity contribution in [3.05, 3.63) is 35.6 Å². The fourth-order valence-corrected chi connectivity index (χ4v) is 3.43. The molecule has 0 spiro atoms. The molecule has 3 rings (SSSR count). The molecule has 0 atom stereocenters. The normalized spacial score (nSPS) is 19.1. The Balaban J connectivity index is 2.14. The van der Waals surface area contributed by atoms with Gasteiger partial charge in [-0.2, -0.15) is 0 Å². The van der Waals surface area contributed by atoms with Gasteiger partial charge in [-0.15, -0.1) is 0 Å². The van der Waals surface area contributed by atoms with E-state index in [-0.39, 0.29) is 5.41 Å². The average molecular weight is 243 g/mol. The van der Waals surface area contributed by atoms with Crippen molar-refractivity contribution >= 4 is 11.0 Å². The number of fused-ring (bicyclic) bond motifs is 3. The van der Waals surface area contributed by atoms with Crippen LogP contribution >= 0.6 is 0 Å². The molecule has 2 heteroatoms. The summed E-state index contributed by atoms with van der Waals surface area (Å²) in [6, 6.07) is 6.47. The first-order valence-electron chi connectivity index (χ1n) is 6.84. The van der Waals surface area contributed by atoms with Crippen LogP contribution in [0.15, 0.2) is 28.9 Å². The molecule has 0 saturated heterocycles. The van der Waals surface area contributed by atoms with Gasteiger partial charge >= 0.3 is 0 Å². The van der Waals surface area contributed by atoms with Gasteiger partial charge < -0.3 is 4.42 Å². The molecular formula is C16H21NO. The SMILES string of the molecule is CCCN1Cc2ccc3occc3c2C(C)(C)C1. The quantitative estimate of drug-likeness (QED) is 0.794. The lowest BCUT2D eigenvalue weighted by molar-refractivity contribution is 0.196. The van der Waals surface area contributed by atoms with E-state index in [1.807, 2.05) is 0 Å². The van der Waals surface area contributed by atoms with E-state index in [1.165, 1.54) is 29.5 Å². The summed E-state index contributed by atoms with van der Waals surface area (Å²) in [4.78, 5) is 2.56. The van der Waals surface area contributed by atoms with Gasteiger partial charge in [0.15, 0.2) is 0 Å². The Morgan fingerprint density at radius 2 is 2.11 bits per heavy atom. The zero-order chi connectivity index (χ0) is 12.8. The van der Waals surface area contributed by atoms with E-state index in [4.69, 9.17) is 4.42 Å². The number of nitrogens with zero attached hydrogens (tertiary/aromatic N) is 1. The van der Waals surface area contributed by atoms with Crippen molar-refractivity contribution in [2.24, 2.45) is 0 Å². The molecular weight excluding hydrogens is 222 g/mol. The Morgan fingerprint density at radius 3 is 2.89 bits per heavy atom. The van der Waals surface area contributed by atoms with E-state index >= 15 is 0 Å². The standard InChI is InChI=1S/C16H21NO/c1-4-8-17-10-12-5-6-14-13(7-9-18-14)15(12)16(2,3)11-17/h5-7,9H,4,8,10-11H2,1-3H3. The summed E-state index contributed by atoms with van der Waals surface area (Å²) in [6.45, 7) is 10.3. The number of hydrogen-bond donors (Lipinski definition) is 0. The van der Waals surface area contributed by atoms with Crippen molar-refractivity contribution in [2.45, 2.75) is 39.2 Å². The first-order chi connectivity index (χ1) is 8.62. The Kier molecular flexibility index (Phi) is 2.70. The number of furan rings is 1. The minimum atomic E-state index is 0.201. The van der Waals surface area contributed by atoms with Gasteiger partial charge in [-0.05, 0) is 36.2 Å². The van der Waals surface area contributed by atoms with Crippen LogP contribution in [0.3, 0.4) is 0 Å². The van der Waals surface area contributed by atoms with E-state index in [0.717, 1.165) is 18.7 Å². The third-order valence-corrected chi connectivity index (χ3v) is 3.95. The van der Waals surface area contributed by atoms with E-state index in [0.29, 0.717) is 0 Å². The number of benzene rings is 1. The minimum absolute atomic E-state index is 0.201. The van der Waals surface area contributed by atoms with Crippen molar-refractivity contribution in [1.29, 1.82) is 0 Å². The highest BCUT2D eigenvalue weighted by Crippen LogP contribution is 2.38. The topological polar surface area (TPSA) is 16.4 Å². The van der Waals surface area contributed by atoms with Crippen LogP contribution < -0.4 is 0 Å². The van der Waals surface area contributed by atoms with Gasteiger partial charge in [0.25, 0.3) is 0 Å². The van der Waals surface area contributed by atoms with E-state index in [2.05, 4.69) is 43.9 Å². The molecule has 0 unspecified atom stereocenters. The summed E-state index contributed by atoms with van der Waals surface area (Å²) < 4.78 is 5.54. The average Bonchev–Trinajstić information content (AvgIpc) is 2.75. The van der Waals surface area contributed by atoms with Gasteiger partial charge in [-0.25, -0.2) is 0 Å². The molecule has 0 saturated carbocycles. The lowest BCUT2D eigenvalue weighted by Gasteiger charge is -2.40. The van der Waals surface area contributed by atoms with E-state index in [9.17, 15) is 0 Å². The monoisotopic (exact) mass is 243 g/mol.